The molecule has 0 aliphatic rings. The van der Waals surface area contributed by atoms with E-state index < -0.39 is 6.10 Å². The van der Waals surface area contributed by atoms with Crippen molar-refractivity contribution in [2.24, 2.45) is 5.92 Å². The van der Waals surface area contributed by atoms with Crippen LogP contribution in [-0.4, -0.2) is 33.9 Å². The second kappa shape index (κ2) is 6.90. The van der Waals surface area contributed by atoms with Crippen molar-refractivity contribution in [2.45, 2.75) is 33.3 Å². The Kier molecular flexibility index (Phi) is 5.51. The number of carbonyl (C=O) groups is 1. The van der Waals surface area contributed by atoms with Crippen molar-refractivity contribution in [2.75, 3.05) is 11.9 Å². The van der Waals surface area contributed by atoms with E-state index in [9.17, 15) is 9.90 Å². The fourth-order valence-corrected chi connectivity index (χ4v) is 1.03. The summed E-state index contributed by atoms with van der Waals surface area (Å²) in [6.45, 7) is 5.64. The number of aliphatic hydroxyl groups excluding tert-OH is 1. The van der Waals surface area contributed by atoms with Crippen molar-refractivity contribution >= 4 is 11.7 Å². The van der Waals surface area contributed by atoms with E-state index in [0.29, 0.717) is 18.1 Å². The molecule has 0 spiro atoms. The van der Waals surface area contributed by atoms with Crippen molar-refractivity contribution in [1.29, 1.82) is 0 Å². The van der Waals surface area contributed by atoms with Crippen LogP contribution in [0.2, 0.25) is 0 Å². The van der Waals surface area contributed by atoms with E-state index in [2.05, 4.69) is 15.5 Å². The number of anilines is 1. The van der Waals surface area contributed by atoms with Gasteiger partial charge in [0.05, 0.1) is 6.10 Å². The first-order valence-corrected chi connectivity index (χ1v) is 5.98. The van der Waals surface area contributed by atoms with E-state index >= 15 is 0 Å². The van der Waals surface area contributed by atoms with Gasteiger partial charge in [-0.05, 0) is 12.5 Å². The number of carbonyl (C=O) groups excluding carboxylic acids is 1. The normalized spacial score (nSPS) is 12.3. The lowest BCUT2D eigenvalue weighted by Gasteiger charge is -2.09. The minimum atomic E-state index is -0.507. The Balaban J connectivity index is 2.50. The molecule has 6 nitrogen and oxygen atoms in total. The highest BCUT2D eigenvalue weighted by atomic mass is 16.5. The highest BCUT2D eigenvalue weighted by Gasteiger charge is 2.08. The SMILES string of the molecule is CC[C@H](O)COc1ccc(NC(=O)C(C)C)nn1. The zero-order valence-electron chi connectivity index (χ0n) is 10.9. The second-order valence-corrected chi connectivity index (χ2v) is 4.27. The van der Waals surface area contributed by atoms with Crippen molar-refractivity contribution < 1.29 is 14.6 Å². The van der Waals surface area contributed by atoms with Gasteiger partial charge in [0.1, 0.15) is 6.61 Å². The second-order valence-electron chi connectivity index (χ2n) is 4.27. The number of nitrogens with zero attached hydrogens (tertiary/aromatic N) is 2. The Morgan fingerprint density at radius 2 is 2.17 bits per heavy atom. The molecule has 0 aliphatic carbocycles. The number of rotatable bonds is 6. The van der Waals surface area contributed by atoms with Crippen LogP contribution in [0.1, 0.15) is 27.2 Å². The topological polar surface area (TPSA) is 84.3 Å². The zero-order valence-corrected chi connectivity index (χ0v) is 10.9. The number of hydrogen-bond acceptors (Lipinski definition) is 5. The molecule has 0 saturated heterocycles. The first-order valence-electron chi connectivity index (χ1n) is 5.98. The van der Waals surface area contributed by atoms with Crippen molar-refractivity contribution in [3.63, 3.8) is 0 Å². The molecule has 2 N–H and O–H groups in total. The highest BCUT2D eigenvalue weighted by Crippen LogP contribution is 2.10. The summed E-state index contributed by atoms with van der Waals surface area (Å²) in [5, 5.41) is 19.6. The third kappa shape index (κ3) is 4.67. The van der Waals surface area contributed by atoms with E-state index in [1.165, 1.54) is 0 Å². The summed E-state index contributed by atoms with van der Waals surface area (Å²) in [5.74, 6) is 0.490. The molecular weight excluding hydrogens is 234 g/mol. The summed E-state index contributed by atoms with van der Waals surface area (Å²) in [4.78, 5) is 11.4. The maximum absolute atomic E-state index is 11.4. The third-order valence-corrected chi connectivity index (χ3v) is 2.31. The lowest BCUT2D eigenvalue weighted by molar-refractivity contribution is -0.118. The summed E-state index contributed by atoms with van der Waals surface area (Å²) in [6, 6.07) is 3.21. The van der Waals surface area contributed by atoms with Gasteiger partial charge >= 0.3 is 0 Å². The molecule has 1 amide bonds. The molecule has 100 valence electrons. The van der Waals surface area contributed by atoms with E-state index in [1.807, 2.05) is 6.92 Å². The van der Waals surface area contributed by atoms with Crippen LogP contribution in [0.3, 0.4) is 0 Å². The Hall–Kier alpha value is -1.69. The van der Waals surface area contributed by atoms with Gasteiger partial charge in [-0.15, -0.1) is 10.2 Å². The van der Waals surface area contributed by atoms with Crippen LogP contribution in [0.25, 0.3) is 0 Å². The number of hydrogen-bond donors (Lipinski definition) is 2. The van der Waals surface area contributed by atoms with Gasteiger partial charge in [-0.1, -0.05) is 20.8 Å². The average molecular weight is 253 g/mol. The Morgan fingerprint density at radius 1 is 1.44 bits per heavy atom. The molecule has 0 saturated carbocycles. The molecule has 18 heavy (non-hydrogen) atoms. The lowest BCUT2D eigenvalue weighted by Crippen LogP contribution is -2.19. The molecule has 1 rings (SSSR count). The first kappa shape index (κ1) is 14.4. The molecule has 0 unspecified atom stereocenters. The molecule has 0 aliphatic heterocycles. The van der Waals surface area contributed by atoms with Crippen LogP contribution in [0.4, 0.5) is 5.82 Å². The largest absolute Gasteiger partial charge is 0.474 e. The minimum absolute atomic E-state index is 0.109. The Morgan fingerprint density at radius 3 is 2.67 bits per heavy atom. The van der Waals surface area contributed by atoms with E-state index in [4.69, 9.17) is 4.74 Å². The monoisotopic (exact) mass is 253 g/mol. The molecule has 1 atom stereocenters. The molecule has 0 aromatic carbocycles. The number of ether oxygens (including phenoxy) is 1. The van der Waals surface area contributed by atoms with Crippen LogP contribution < -0.4 is 10.1 Å². The number of aromatic nitrogens is 2. The van der Waals surface area contributed by atoms with Crippen LogP contribution in [-0.2, 0) is 4.79 Å². The Labute approximate surface area is 106 Å². The molecule has 0 bridgehead atoms. The van der Waals surface area contributed by atoms with Crippen LogP contribution >= 0.6 is 0 Å². The summed E-state index contributed by atoms with van der Waals surface area (Å²) in [6.07, 6.45) is 0.114. The van der Waals surface area contributed by atoms with Crippen molar-refractivity contribution in [1.82, 2.24) is 10.2 Å². The highest BCUT2D eigenvalue weighted by molar-refractivity contribution is 5.91. The summed E-state index contributed by atoms with van der Waals surface area (Å²) < 4.78 is 5.23. The molecule has 0 fully saturated rings. The third-order valence-electron chi connectivity index (χ3n) is 2.31. The number of amides is 1. The molecular formula is C12H19N3O3. The molecule has 1 aromatic heterocycles. The fraction of sp³-hybridized carbons (Fsp3) is 0.583. The summed E-state index contributed by atoms with van der Waals surface area (Å²) >= 11 is 0. The predicted octanol–water partition coefficient (Wildman–Crippen LogP) is 1.22. The minimum Gasteiger partial charge on any atom is -0.474 e. The number of nitrogens with one attached hydrogen (secondary N) is 1. The Bertz CT molecular complexity index is 379. The van der Waals surface area contributed by atoms with Crippen molar-refractivity contribution in [3.8, 4) is 5.88 Å². The van der Waals surface area contributed by atoms with Gasteiger partial charge < -0.3 is 15.2 Å². The zero-order chi connectivity index (χ0) is 13.5. The van der Waals surface area contributed by atoms with Gasteiger partial charge in [0.25, 0.3) is 0 Å². The molecule has 1 heterocycles. The molecule has 0 radical (unpaired) electrons. The fourth-order valence-electron chi connectivity index (χ4n) is 1.03. The number of aliphatic hydroxyl groups is 1. The van der Waals surface area contributed by atoms with E-state index in [0.717, 1.165) is 0 Å². The van der Waals surface area contributed by atoms with E-state index in [1.54, 1.807) is 26.0 Å². The lowest BCUT2D eigenvalue weighted by atomic mass is 10.2. The summed E-state index contributed by atoms with van der Waals surface area (Å²) in [5.41, 5.74) is 0. The van der Waals surface area contributed by atoms with Crippen LogP contribution in [0, 0.1) is 5.92 Å². The van der Waals surface area contributed by atoms with Gasteiger partial charge in [0, 0.05) is 12.0 Å². The van der Waals surface area contributed by atoms with Crippen LogP contribution in [0.5, 0.6) is 5.88 Å². The predicted molar refractivity (Wildman–Crippen MR) is 67.3 cm³/mol. The average Bonchev–Trinajstić information content (AvgIpc) is 2.37. The first-order chi connectivity index (χ1) is 8.52. The summed E-state index contributed by atoms with van der Waals surface area (Å²) in [7, 11) is 0. The standard InChI is InChI=1S/C12H19N3O3/c1-4-9(16)7-18-11-6-5-10(14-15-11)13-12(17)8(2)3/h5-6,8-9,16H,4,7H2,1-3H3,(H,13,14,17)/t9-/m0/s1. The van der Waals surface area contributed by atoms with Gasteiger partial charge in [0.15, 0.2) is 5.82 Å². The molecule has 1 aromatic rings. The molecule has 6 heteroatoms. The quantitative estimate of drug-likeness (QED) is 0.796. The van der Waals surface area contributed by atoms with E-state index in [-0.39, 0.29) is 18.4 Å². The van der Waals surface area contributed by atoms with Crippen molar-refractivity contribution in [3.05, 3.63) is 12.1 Å². The van der Waals surface area contributed by atoms with Gasteiger partial charge in [-0.25, -0.2) is 0 Å². The van der Waals surface area contributed by atoms with Crippen LogP contribution in [0.15, 0.2) is 12.1 Å². The maximum atomic E-state index is 11.4. The van der Waals surface area contributed by atoms with Gasteiger partial charge in [-0.3, -0.25) is 4.79 Å². The maximum Gasteiger partial charge on any atom is 0.233 e. The van der Waals surface area contributed by atoms with Gasteiger partial charge in [-0.2, -0.15) is 0 Å². The smallest absolute Gasteiger partial charge is 0.233 e. The van der Waals surface area contributed by atoms with Gasteiger partial charge in [0.2, 0.25) is 11.8 Å².